The number of urea groups is 1. The fourth-order valence-electron chi connectivity index (χ4n) is 3.81. The van der Waals surface area contributed by atoms with E-state index in [9.17, 15) is 19.6 Å². The average molecular weight is 415 g/mol. The van der Waals surface area contributed by atoms with Gasteiger partial charge in [0.2, 0.25) is 0 Å². The number of nitrogens with zero attached hydrogens (tertiary/aromatic N) is 2. The maximum absolute atomic E-state index is 12.3. The first kappa shape index (κ1) is 23.2. The molecule has 1 aromatic heterocycles. The van der Waals surface area contributed by atoms with E-state index in [2.05, 4.69) is 15.2 Å². The van der Waals surface area contributed by atoms with Crippen LogP contribution >= 0.6 is 0 Å². The quantitative estimate of drug-likeness (QED) is 0.421. The predicted molar refractivity (Wildman–Crippen MR) is 112 cm³/mol. The Morgan fingerprint density at radius 1 is 1.27 bits per heavy atom. The van der Waals surface area contributed by atoms with Crippen LogP contribution in [0.4, 0.5) is 4.79 Å². The molecule has 8 nitrogen and oxygen atoms in total. The van der Waals surface area contributed by atoms with Crippen molar-refractivity contribution in [2.45, 2.75) is 71.9 Å². The highest BCUT2D eigenvalue weighted by atomic mass is 16.5. The molecule has 2 rings (SSSR count). The van der Waals surface area contributed by atoms with Crippen LogP contribution in [0.2, 0.25) is 0 Å². The molecule has 1 heterocycles. The fourth-order valence-corrected chi connectivity index (χ4v) is 3.81. The maximum atomic E-state index is 12.3. The van der Waals surface area contributed by atoms with Crippen molar-refractivity contribution >= 4 is 24.0 Å². The highest BCUT2D eigenvalue weighted by Crippen LogP contribution is 2.32. The minimum absolute atomic E-state index is 0.138. The van der Waals surface area contributed by atoms with Crippen LogP contribution in [0.1, 0.15) is 68.9 Å². The second-order valence-corrected chi connectivity index (χ2v) is 7.91. The summed E-state index contributed by atoms with van der Waals surface area (Å²) in [4.78, 5) is 35.5. The van der Waals surface area contributed by atoms with Crippen LogP contribution in [-0.2, 0) is 14.3 Å². The second kappa shape index (κ2) is 10.6. The van der Waals surface area contributed by atoms with E-state index in [1.165, 1.54) is 25.3 Å². The van der Waals surface area contributed by atoms with Gasteiger partial charge in [-0.3, -0.25) is 10.1 Å². The third-order valence-corrected chi connectivity index (χ3v) is 5.11. The molecule has 1 aromatic rings. The number of nitriles is 1. The monoisotopic (exact) mass is 414 g/mol. The molecule has 0 bridgehead atoms. The van der Waals surface area contributed by atoms with Gasteiger partial charge in [-0.1, -0.05) is 19.3 Å². The third-order valence-electron chi connectivity index (χ3n) is 5.11. The molecule has 0 aromatic carbocycles. The summed E-state index contributed by atoms with van der Waals surface area (Å²) in [5, 5.41) is 13.9. The van der Waals surface area contributed by atoms with E-state index in [0.29, 0.717) is 6.04 Å². The minimum Gasteiger partial charge on any atom is -0.451 e. The highest BCUT2D eigenvalue weighted by molar-refractivity contribution is 6.00. The number of carbonyl (C=O) groups is 3. The van der Waals surface area contributed by atoms with E-state index in [0.717, 1.165) is 29.8 Å². The molecule has 0 unspecified atom stereocenters. The number of aromatic nitrogens is 1. The first-order valence-corrected chi connectivity index (χ1v) is 10.3. The van der Waals surface area contributed by atoms with Crippen molar-refractivity contribution in [3.05, 3.63) is 28.6 Å². The van der Waals surface area contributed by atoms with Crippen LogP contribution in [0.15, 0.2) is 11.6 Å². The van der Waals surface area contributed by atoms with Crippen molar-refractivity contribution in [1.82, 2.24) is 15.2 Å². The molecular formula is C22H30N4O4. The zero-order valence-corrected chi connectivity index (χ0v) is 18.1. The van der Waals surface area contributed by atoms with E-state index >= 15 is 0 Å². The van der Waals surface area contributed by atoms with E-state index in [-0.39, 0.29) is 11.6 Å². The smallest absolute Gasteiger partial charge is 0.349 e. The lowest BCUT2D eigenvalue weighted by Crippen LogP contribution is -2.44. The lowest BCUT2D eigenvalue weighted by molar-refractivity contribution is -0.144. The van der Waals surface area contributed by atoms with Gasteiger partial charge in [0.1, 0.15) is 11.6 Å². The molecule has 8 heteroatoms. The van der Waals surface area contributed by atoms with Crippen LogP contribution in [-0.4, -0.2) is 35.1 Å². The molecule has 1 aliphatic rings. The first-order valence-electron chi connectivity index (χ1n) is 10.3. The highest BCUT2D eigenvalue weighted by Gasteiger charge is 2.21. The summed E-state index contributed by atoms with van der Waals surface area (Å²) in [7, 11) is 0. The molecule has 0 radical (unpaired) electrons. The Balaban J connectivity index is 2.05. The van der Waals surface area contributed by atoms with Crippen molar-refractivity contribution in [3.8, 4) is 6.07 Å². The van der Waals surface area contributed by atoms with Gasteiger partial charge in [-0.15, -0.1) is 0 Å². The van der Waals surface area contributed by atoms with Gasteiger partial charge < -0.3 is 14.6 Å². The number of aryl methyl sites for hydroxylation is 1. The van der Waals surface area contributed by atoms with Gasteiger partial charge in [0, 0.05) is 23.5 Å². The Bertz CT molecular complexity index is 870. The van der Waals surface area contributed by atoms with Gasteiger partial charge in [0.15, 0.2) is 6.61 Å². The summed E-state index contributed by atoms with van der Waals surface area (Å²) in [5.74, 6) is -1.67. The predicted octanol–water partition coefficient (Wildman–Crippen LogP) is 3.29. The summed E-state index contributed by atoms with van der Waals surface area (Å²) in [6, 6.07) is 3.44. The molecule has 0 spiro atoms. The molecule has 3 amide bonds. The van der Waals surface area contributed by atoms with Crippen molar-refractivity contribution < 1.29 is 19.1 Å². The van der Waals surface area contributed by atoms with E-state index in [1.807, 2.05) is 26.0 Å². The van der Waals surface area contributed by atoms with Crippen LogP contribution in [0.25, 0.3) is 6.08 Å². The lowest BCUT2D eigenvalue weighted by atomic mass is 9.95. The van der Waals surface area contributed by atoms with Gasteiger partial charge >= 0.3 is 12.0 Å². The Hall–Kier alpha value is -3.08. The Labute approximate surface area is 177 Å². The van der Waals surface area contributed by atoms with Crippen LogP contribution in [0.3, 0.4) is 0 Å². The number of imide groups is 1. The summed E-state index contributed by atoms with van der Waals surface area (Å²) in [5.41, 5.74) is 2.68. The number of rotatable bonds is 6. The molecular weight excluding hydrogens is 384 g/mol. The zero-order chi connectivity index (χ0) is 22.3. The lowest BCUT2D eigenvalue weighted by Gasteiger charge is -2.26. The number of hydrogen-bond acceptors (Lipinski definition) is 5. The maximum Gasteiger partial charge on any atom is 0.349 e. The number of carbonyl (C=O) groups excluding carboxylic acids is 3. The average Bonchev–Trinajstić information content (AvgIpc) is 2.97. The van der Waals surface area contributed by atoms with E-state index in [1.54, 1.807) is 13.8 Å². The molecule has 30 heavy (non-hydrogen) atoms. The van der Waals surface area contributed by atoms with E-state index in [4.69, 9.17) is 4.74 Å². The number of amides is 3. The van der Waals surface area contributed by atoms with E-state index < -0.39 is 24.5 Å². The molecule has 1 aliphatic carbocycles. The molecule has 0 atom stereocenters. The molecule has 0 aliphatic heterocycles. The standard InChI is InChI=1S/C22H30N4O4/c1-14(2)24-22(29)25-20(27)13-30-21(28)18(12-23)11-17-10-15(3)26(16(17)4)19-8-6-5-7-9-19/h10-11,14,19H,5-9,13H2,1-4H3,(H2,24,25,27,29)/b18-11+. The number of nitrogens with one attached hydrogen (secondary N) is 2. The summed E-state index contributed by atoms with van der Waals surface area (Å²) >= 11 is 0. The molecule has 1 saturated carbocycles. The van der Waals surface area contributed by atoms with Gasteiger partial charge in [-0.05, 0) is 58.2 Å². The molecule has 1 fully saturated rings. The van der Waals surface area contributed by atoms with Crippen LogP contribution < -0.4 is 10.6 Å². The second-order valence-electron chi connectivity index (χ2n) is 7.91. The summed E-state index contributed by atoms with van der Waals surface area (Å²) < 4.78 is 7.18. The largest absolute Gasteiger partial charge is 0.451 e. The normalized spacial score (nSPS) is 14.9. The summed E-state index contributed by atoms with van der Waals surface area (Å²) in [6.45, 7) is 6.85. The molecule has 162 valence electrons. The topological polar surface area (TPSA) is 113 Å². The first-order chi connectivity index (χ1) is 14.2. The van der Waals surface area contributed by atoms with Crippen molar-refractivity contribution in [2.75, 3.05) is 6.61 Å². The Morgan fingerprint density at radius 2 is 1.93 bits per heavy atom. The van der Waals surface area contributed by atoms with Gasteiger partial charge in [0.05, 0.1) is 0 Å². The number of hydrogen-bond donors (Lipinski definition) is 2. The van der Waals surface area contributed by atoms with Crippen molar-refractivity contribution in [3.63, 3.8) is 0 Å². The number of esters is 1. The Morgan fingerprint density at radius 3 is 2.53 bits per heavy atom. The summed E-state index contributed by atoms with van der Waals surface area (Å²) in [6.07, 6.45) is 7.44. The van der Waals surface area contributed by atoms with Gasteiger partial charge in [0.25, 0.3) is 5.91 Å². The number of ether oxygens (including phenoxy) is 1. The molecule has 2 N–H and O–H groups in total. The van der Waals surface area contributed by atoms with Gasteiger partial charge in [-0.2, -0.15) is 5.26 Å². The SMILES string of the molecule is Cc1cc(/C=C(\C#N)C(=O)OCC(=O)NC(=O)NC(C)C)c(C)n1C1CCCCC1. The van der Waals surface area contributed by atoms with Gasteiger partial charge in [-0.25, -0.2) is 9.59 Å². The fraction of sp³-hybridized carbons (Fsp3) is 0.545. The zero-order valence-electron chi connectivity index (χ0n) is 18.1. The molecule has 0 saturated heterocycles. The third kappa shape index (κ3) is 6.21. The van der Waals surface area contributed by atoms with Crippen LogP contribution in [0.5, 0.6) is 0 Å². The van der Waals surface area contributed by atoms with Crippen LogP contribution in [0, 0.1) is 25.2 Å². The minimum atomic E-state index is -0.903. The Kier molecular flexibility index (Phi) is 8.22. The van der Waals surface area contributed by atoms with Crippen molar-refractivity contribution in [2.24, 2.45) is 0 Å². The van der Waals surface area contributed by atoms with Crippen molar-refractivity contribution in [1.29, 1.82) is 5.26 Å².